The highest BCUT2D eigenvalue weighted by molar-refractivity contribution is 7.89. The number of benzene rings is 1. The number of nitrogens with zero attached hydrogens (tertiary/aromatic N) is 2. The summed E-state index contributed by atoms with van der Waals surface area (Å²) in [6.45, 7) is 3.15. The van der Waals surface area contributed by atoms with E-state index in [1.807, 2.05) is 6.92 Å². The van der Waals surface area contributed by atoms with Crippen LogP contribution in [-0.4, -0.2) is 55.5 Å². The molecule has 2 rings (SSSR count). The predicted molar refractivity (Wildman–Crippen MR) is 87.6 cm³/mol. The number of amides is 1. The number of unbranched alkanes of at least 4 members (excludes halogenated alkanes) is 1. The molecule has 1 heterocycles. The molecule has 1 saturated heterocycles. The van der Waals surface area contributed by atoms with Crippen LogP contribution in [0.1, 0.15) is 30.1 Å². The van der Waals surface area contributed by atoms with Gasteiger partial charge in [0.25, 0.3) is 5.91 Å². The molecule has 5 nitrogen and oxygen atoms in total. The van der Waals surface area contributed by atoms with Crippen molar-refractivity contribution >= 4 is 27.5 Å². The van der Waals surface area contributed by atoms with Crippen LogP contribution in [0.3, 0.4) is 0 Å². The quantitative estimate of drug-likeness (QED) is 0.808. The highest BCUT2D eigenvalue weighted by Gasteiger charge is 2.28. The zero-order chi connectivity index (χ0) is 17.0. The van der Waals surface area contributed by atoms with Gasteiger partial charge in [-0.3, -0.25) is 4.79 Å². The first-order valence-corrected chi connectivity index (χ1v) is 9.56. The number of rotatable bonds is 5. The van der Waals surface area contributed by atoms with E-state index >= 15 is 0 Å². The topological polar surface area (TPSA) is 57.7 Å². The van der Waals surface area contributed by atoms with Crippen LogP contribution in [-0.2, 0) is 10.0 Å². The minimum absolute atomic E-state index is 0.100. The molecule has 0 aliphatic carbocycles. The highest BCUT2D eigenvalue weighted by atomic mass is 35.5. The molecular formula is C15H20ClFN2O3S. The van der Waals surface area contributed by atoms with Gasteiger partial charge in [0, 0.05) is 31.7 Å². The van der Waals surface area contributed by atoms with E-state index in [-0.39, 0.29) is 29.8 Å². The summed E-state index contributed by atoms with van der Waals surface area (Å²) >= 11 is 5.70. The van der Waals surface area contributed by atoms with Gasteiger partial charge in [0.05, 0.1) is 10.8 Å². The van der Waals surface area contributed by atoms with E-state index in [9.17, 15) is 17.6 Å². The molecule has 1 aromatic rings. The van der Waals surface area contributed by atoms with Gasteiger partial charge in [0.2, 0.25) is 10.0 Å². The molecule has 1 amide bonds. The van der Waals surface area contributed by atoms with Crippen LogP contribution in [0.15, 0.2) is 18.2 Å². The van der Waals surface area contributed by atoms with Crippen LogP contribution in [0.25, 0.3) is 0 Å². The third kappa shape index (κ3) is 4.43. The Bertz CT molecular complexity index is 673. The monoisotopic (exact) mass is 362 g/mol. The Kier molecular flexibility index (Phi) is 6.00. The molecule has 8 heteroatoms. The van der Waals surface area contributed by atoms with Crippen molar-refractivity contribution in [2.45, 2.75) is 19.8 Å². The van der Waals surface area contributed by atoms with Crippen LogP contribution < -0.4 is 0 Å². The Hall–Kier alpha value is -1.18. The molecule has 0 atom stereocenters. The van der Waals surface area contributed by atoms with Gasteiger partial charge in [-0.15, -0.1) is 0 Å². The maximum absolute atomic E-state index is 13.2. The van der Waals surface area contributed by atoms with E-state index in [4.69, 9.17) is 11.6 Å². The fourth-order valence-corrected chi connectivity index (χ4v) is 4.25. The standard InChI is InChI=1S/C15H20ClFN2O3S/c1-2-3-10-23(21,22)19-8-6-18(7-9-19)15(20)12-4-5-14(17)13(16)11-12/h4-5,11H,2-3,6-10H2,1H3. The van der Waals surface area contributed by atoms with Gasteiger partial charge in [-0.2, -0.15) is 4.31 Å². The molecule has 0 spiro atoms. The van der Waals surface area contributed by atoms with E-state index in [0.717, 1.165) is 12.5 Å². The van der Waals surface area contributed by atoms with Crippen LogP contribution in [0, 0.1) is 5.82 Å². The minimum Gasteiger partial charge on any atom is -0.336 e. The van der Waals surface area contributed by atoms with Gasteiger partial charge in [0.15, 0.2) is 0 Å². The normalized spacial score (nSPS) is 16.6. The van der Waals surface area contributed by atoms with Crippen LogP contribution >= 0.6 is 11.6 Å². The fourth-order valence-electron chi connectivity index (χ4n) is 2.44. The first kappa shape index (κ1) is 18.2. The zero-order valence-electron chi connectivity index (χ0n) is 13.0. The second-order valence-electron chi connectivity index (χ2n) is 5.49. The summed E-state index contributed by atoms with van der Waals surface area (Å²) in [6, 6.07) is 3.83. The van der Waals surface area contributed by atoms with Crippen molar-refractivity contribution in [3.8, 4) is 0 Å². The number of hydrogen-bond donors (Lipinski definition) is 0. The number of hydrogen-bond acceptors (Lipinski definition) is 3. The first-order chi connectivity index (χ1) is 10.8. The number of halogens is 2. The molecule has 1 aliphatic heterocycles. The lowest BCUT2D eigenvalue weighted by atomic mass is 10.2. The molecule has 0 radical (unpaired) electrons. The lowest BCUT2D eigenvalue weighted by Gasteiger charge is -2.34. The predicted octanol–water partition coefficient (Wildman–Crippen LogP) is 2.37. The van der Waals surface area contributed by atoms with E-state index in [2.05, 4.69) is 0 Å². The summed E-state index contributed by atoms with van der Waals surface area (Å²) in [5.41, 5.74) is 0.304. The van der Waals surface area contributed by atoms with E-state index < -0.39 is 15.8 Å². The number of sulfonamides is 1. The van der Waals surface area contributed by atoms with Gasteiger partial charge in [-0.1, -0.05) is 24.9 Å². The van der Waals surface area contributed by atoms with Gasteiger partial charge in [-0.25, -0.2) is 12.8 Å². The third-order valence-corrected chi connectivity index (χ3v) is 6.09. The van der Waals surface area contributed by atoms with Crippen molar-refractivity contribution in [3.63, 3.8) is 0 Å². The molecule has 23 heavy (non-hydrogen) atoms. The Balaban J connectivity index is 1.98. The maximum atomic E-state index is 13.2. The average molecular weight is 363 g/mol. The average Bonchev–Trinajstić information content (AvgIpc) is 2.55. The number of carbonyl (C=O) groups is 1. The van der Waals surface area contributed by atoms with Gasteiger partial charge in [-0.05, 0) is 24.6 Å². The molecule has 0 N–H and O–H groups in total. The van der Waals surface area contributed by atoms with Crippen molar-refractivity contribution < 1.29 is 17.6 Å². The molecule has 128 valence electrons. The van der Waals surface area contributed by atoms with Crippen molar-refractivity contribution in [2.24, 2.45) is 0 Å². The van der Waals surface area contributed by atoms with Crippen molar-refractivity contribution in [2.75, 3.05) is 31.9 Å². The molecule has 0 saturated carbocycles. The summed E-state index contributed by atoms with van der Waals surface area (Å²) in [6.07, 6.45) is 1.46. The highest BCUT2D eigenvalue weighted by Crippen LogP contribution is 2.18. The van der Waals surface area contributed by atoms with Crippen LogP contribution in [0.4, 0.5) is 4.39 Å². The SMILES string of the molecule is CCCCS(=O)(=O)N1CCN(C(=O)c2ccc(F)c(Cl)c2)CC1. The Morgan fingerprint density at radius 3 is 2.48 bits per heavy atom. The largest absolute Gasteiger partial charge is 0.336 e. The Morgan fingerprint density at radius 2 is 1.91 bits per heavy atom. The smallest absolute Gasteiger partial charge is 0.253 e. The second-order valence-corrected chi connectivity index (χ2v) is 7.99. The molecule has 1 aliphatic rings. The molecule has 1 aromatic carbocycles. The molecule has 0 unspecified atom stereocenters. The first-order valence-electron chi connectivity index (χ1n) is 7.57. The zero-order valence-corrected chi connectivity index (χ0v) is 14.5. The van der Waals surface area contributed by atoms with E-state index in [1.54, 1.807) is 4.90 Å². The maximum Gasteiger partial charge on any atom is 0.253 e. The van der Waals surface area contributed by atoms with Crippen LogP contribution in [0.5, 0.6) is 0 Å². The van der Waals surface area contributed by atoms with Gasteiger partial charge < -0.3 is 4.90 Å². The lowest BCUT2D eigenvalue weighted by molar-refractivity contribution is 0.0698. The summed E-state index contributed by atoms with van der Waals surface area (Å²) in [7, 11) is -3.25. The van der Waals surface area contributed by atoms with Gasteiger partial charge >= 0.3 is 0 Å². The second kappa shape index (κ2) is 7.59. The van der Waals surface area contributed by atoms with E-state index in [1.165, 1.54) is 16.4 Å². The van der Waals surface area contributed by atoms with Gasteiger partial charge in [0.1, 0.15) is 5.82 Å². The van der Waals surface area contributed by atoms with Crippen LogP contribution in [0.2, 0.25) is 5.02 Å². The summed E-state index contributed by atoms with van der Waals surface area (Å²) < 4.78 is 38.9. The van der Waals surface area contributed by atoms with Crippen molar-refractivity contribution in [1.29, 1.82) is 0 Å². The van der Waals surface area contributed by atoms with Crippen molar-refractivity contribution in [1.82, 2.24) is 9.21 Å². The molecule has 1 fully saturated rings. The van der Waals surface area contributed by atoms with E-state index in [0.29, 0.717) is 25.1 Å². The third-order valence-electron chi connectivity index (χ3n) is 3.84. The minimum atomic E-state index is -3.25. The summed E-state index contributed by atoms with van der Waals surface area (Å²) in [5, 5.41) is -0.100. The number of piperazine rings is 1. The lowest BCUT2D eigenvalue weighted by Crippen LogP contribution is -2.51. The summed E-state index contributed by atoms with van der Waals surface area (Å²) in [5.74, 6) is -0.696. The summed E-state index contributed by atoms with van der Waals surface area (Å²) in [4.78, 5) is 13.9. The van der Waals surface area contributed by atoms with Crippen molar-refractivity contribution in [3.05, 3.63) is 34.6 Å². The molecule has 0 bridgehead atoms. The molecule has 0 aromatic heterocycles. The number of carbonyl (C=O) groups excluding carboxylic acids is 1. The Morgan fingerprint density at radius 1 is 1.26 bits per heavy atom. The Labute approximate surface area is 141 Å². The fraction of sp³-hybridized carbons (Fsp3) is 0.533. The molecular weight excluding hydrogens is 343 g/mol.